The summed E-state index contributed by atoms with van der Waals surface area (Å²) in [5.41, 5.74) is 0. The summed E-state index contributed by atoms with van der Waals surface area (Å²) in [4.78, 5) is 23.5. The van der Waals surface area contributed by atoms with Gasteiger partial charge < -0.3 is 15.3 Å². The van der Waals surface area contributed by atoms with Crippen LogP contribution < -0.4 is 5.32 Å². The summed E-state index contributed by atoms with van der Waals surface area (Å²) in [6, 6.07) is -0.341. The van der Waals surface area contributed by atoms with Crippen LogP contribution in [0, 0.1) is 12.3 Å². The van der Waals surface area contributed by atoms with Crippen molar-refractivity contribution in [2.24, 2.45) is 0 Å². The zero-order valence-electron chi connectivity index (χ0n) is 9.56. The Morgan fingerprint density at radius 1 is 1.53 bits per heavy atom. The predicted molar refractivity (Wildman–Crippen MR) is 63.4 cm³/mol. The first-order valence-electron chi connectivity index (χ1n) is 5.49. The number of carbonyl (C=O) groups is 2. The first kappa shape index (κ1) is 13.1. The maximum Gasteiger partial charge on any atom is 0.323 e. The Morgan fingerprint density at radius 3 is 2.82 bits per heavy atom. The monoisotopic (exact) mass is 236 g/mol. The molecule has 17 heavy (non-hydrogen) atoms. The fourth-order valence-electron chi connectivity index (χ4n) is 1.66. The molecule has 0 aromatic rings. The molecule has 0 spiro atoms. The standard InChI is InChI=1S/C12H16N2O3/c1-2-8-14(9-11(15)16)12(17)13-10-6-4-3-5-7-10/h1,3-4,10H,5-9H2,(H,13,17)(H,15,16). The van der Waals surface area contributed by atoms with Crippen LogP contribution in [0.15, 0.2) is 12.2 Å². The molecule has 2 N–H and O–H groups in total. The van der Waals surface area contributed by atoms with Gasteiger partial charge in [0.1, 0.15) is 6.54 Å². The minimum atomic E-state index is -1.07. The molecule has 92 valence electrons. The Hall–Kier alpha value is -1.96. The number of nitrogens with one attached hydrogen (secondary N) is 1. The lowest BCUT2D eigenvalue weighted by atomic mass is 10.0. The molecule has 0 heterocycles. The van der Waals surface area contributed by atoms with Crippen molar-refractivity contribution in [3.05, 3.63) is 12.2 Å². The van der Waals surface area contributed by atoms with Gasteiger partial charge in [0.2, 0.25) is 0 Å². The molecule has 0 fully saturated rings. The summed E-state index contributed by atoms with van der Waals surface area (Å²) < 4.78 is 0. The first-order valence-corrected chi connectivity index (χ1v) is 5.49. The highest BCUT2D eigenvalue weighted by molar-refractivity contribution is 5.80. The van der Waals surface area contributed by atoms with Crippen molar-refractivity contribution in [1.29, 1.82) is 0 Å². The largest absolute Gasteiger partial charge is 0.480 e. The molecule has 1 aliphatic carbocycles. The Morgan fingerprint density at radius 2 is 2.29 bits per heavy atom. The van der Waals surface area contributed by atoms with Gasteiger partial charge in [-0.25, -0.2) is 4.79 Å². The Kier molecular flexibility index (Phi) is 5.08. The molecule has 1 aliphatic rings. The van der Waals surface area contributed by atoms with E-state index in [1.807, 2.05) is 6.08 Å². The number of allylic oxidation sites excluding steroid dienone is 1. The third-order valence-corrected chi connectivity index (χ3v) is 2.49. The van der Waals surface area contributed by atoms with Gasteiger partial charge in [-0.3, -0.25) is 4.79 Å². The van der Waals surface area contributed by atoms with E-state index in [4.69, 9.17) is 11.5 Å². The van der Waals surface area contributed by atoms with Crippen LogP contribution in [0.3, 0.4) is 0 Å². The molecule has 0 aromatic carbocycles. The summed E-state index contributed by atoms with van der Waals surface area (Å²) in [6.07, 6.45) is 11.8. The van der Waals surface area contributed by atoms with E-state index in [-0.39, 0.29) is 19.1 Å². The molecule has 0 aliphatic heterocycles. The van der Waals surface area contributed by atoms with Gasteiger partial charge in [-0.1, -0.05) is 18.1 Å². The van der Waals surface area contributed by atoms with E-state index in [0.717, 1.165) is 24.2 Å². The average molecular weight is 236 g/mol. The van der Waals surface area contributed by atoms with Crippen molar-refractivity contribution in [2.45, 2.75) is 25.3 Å². The second-order valence-corrected chi connectivity index (χ2v) is 3.88. The van der Waals surface area contributed by atoms with Crippen LogP contribution in [0.5, 0.6) is 0 Å². The van der Waals surface area contributed by atoms with Crippen LogP contribution in [0.1, 0.15) is 19.3 Å². The number of aliphatic carboxylic acids is 1. The number of carbonyl (C=O) groups excluding carboxylic acids is 1. The zero-order valence-corrected chi connectivity index (χ0v) is 9.56. The number of rotatable bonds is 4. The van der Waals surface area contributed by atoms with E-state index < -0.39 is 12.0 Å². The van der Waals surface area contributed by atoms with Crippen molar-refractivity contribution in [1.82, 2.24) is 10.2 Å². The van der Waals surface area contributed by atoms with Gasteiger partial charge in [0.15, 0.2) is 0 Å². The SMILES string of the molecule is C#CCN(CC(=O)O)C(=O)NC1CC=CCC1. The molecule has 0 saturated carbocycles. The van der Waals surface area contributed by atoms with Crippen LogP contribution in [0.2, 0.25) is 0 Å². The highest BCUT2D eigenvalue weighted by Crippen LogP contribution is 2.10. The number of amides is 2. The predicted octanol–water partition coefficient (Wildman–Crippen LogP) is 0.825. The lowest BCUT2D eigenvalue weighted by molar-refractivity contribution is -0.137. The van der Waals surface area contributed by atoms with E-state index in [2.05, 4.69) is 17.3 Å². The number of hydrogen-bond acceptors (Lipinski definition) is 2. The molecular weight excluding hydrogens is 220 g/mol. The third-order valence-electron chi connectivity index (χ3n) is 2.49. The fraction of sp³-hybridized carbons (Fsp3) is 0.500. The quantitative estimate of drug-likeness (QED) is 0.561. The normalized spacial score (nSPS) is 18.2. The fourth-order valence-corrected chi connectivity index (χ4v) is 1.66. The minimum absolute atomic E-state index is 0.000687. The number of carboxylic acids is 1. The number of terminal acetylenes is 1. The molecule has 5 nitrogen and oxygen atoms in total. The molecule has 2 amide bonds. The van der Waals surface area contributed by atoms with Gasteiger partial charge in [0.25, 0.3) is 0 Å². The van der Waals surface area contributed by atoms with E-state index >= 15 is 0 Å². The molecule has 1 unspecified atom stereocenters. The third kappa shape index (κ3) is 4.60. The van der Waals surface area contributed by atoms with E-state index in [0.29, 0.717) is 0 Å². The molecule has 0 saturated heterocycles. The van der Waals surface area contributed by atoms with Crippen molar-refractivity contribution >= 4 is 12.0 Å². The van der Waals surface area contributed by atoms with Gasteiger partial charge >= 0.3 is 12.0 Å². The average Bonchev–Trinajstić information content (AvgIpc) is 2.29. The highest BCUT2D eigenvalue weighted by Gasteiger charge is 2.19. The Balaban J connectivity index is 2.49. The van der Waals surface area contributed by atoms with Gasteiger partial charge in [-0.15, -0.1) is 6.42 Å². The lowest BCUT2D eigenvalue weighted by Gasteiger charge is -2.24. The van der Waals surface area contributed by atoms with Crippen molar-refractivity contribution in [3.8, 4) is 12.3 Å². The highest BCUT2D eigenvalue weighted by atomic mass is 16.4. The summed E-state index contributed by atoms with van der Waals surface area (Å²) in [5.74, 6) is 1.21. The molecule has 5 heteroatoms. The number of hydrogen-bond donors (Lipinski definition) is 2. The summed E-state index contributed by atoms with van der Waals surface area (Å²) in [6.45, 7) is -0.376. The number of nitrogens with zero attached hydrogens (tertiary/aromatic N) is 1. The second kappa shape index (κ2) is 6.59. The van der Waals surface area contributed by atoms with Crippen LogP contribution in [-0.2, 0) is 4.79 Å². The number of carboxylic acid groups (broad SMARTS) is 1. The topological polar surface area (TPSA) is 69.6 Å². The van der Waals surface area contributed by atoms with E-state index in [1.165, 1.54) is 0 Å². The van der Waals surface area contributed by atoms with Crippen molar-refractivity contribution in [2.75, 3.05) is 13.1 Å². The first-order chi connectivity index (χ1) is 8.13. The maximum absolute atomic E-state index is 11.8. The van der Waals surface area contributed by atoms with Gasteiger partial charge in [0, 0.05) is 6.04 Å². The van der Waals surface area contributed by atoms with Crippen LogP contribution in [-0.4, -0.2) is 41.1 Å². The van der Waals surface area contributed by atoms with Gasteiger partial charge in [-0.2, -0.15) is 0 Å². The van der Waals surface area contributed by atoms with Crippen LogP contribution in [0.4, 0.5) is 4.79 Å². The van der Waals surface area contributed by atoms with E-state index in [1.54, 1.807) is 0 Å². The van der Waals surface area contributed by atoms with Crippen LogP contribution >= 0.6 is 0 Å². The molecule has 1 atom stereocenters. The Bertz CT molecular complexity index is 357. The van der Waals surface area contributed by atoms with Gasteiger partial charge in [0.05, 0.1) is 6.54 Å². The Labute approximate surface area is 100 Å². The molecule has 1 rings (SSSR count). The van der Waals surface area contributed by atoms with Gasteiger partial charge in [-0.05, 0) is 19.3 Å². The van der Waals surface area contributed by atoms with Crippen molar-refractivity contribution in [3.63, 3.8) is 0 Å². The zero-order chi connectivity index (χ0) is 12.7. The summed E-state index contributed by atoms with van der Waals surface area (Å²) >= 11 is 0. The number of urea groups is 1. The van der Waals surface area contributed by atoms with E-state index in [9.17, 15) is 9.59 Å². The summed E-state index contributed by atoms with van der Waals surface area (Å²) in [7, 11) is 0. The molecule has 0 bridgehead atoms. The molecule has 0 aromatic heterocycles. The maximum atomic E-state index is 11.8. The minimum Gasteiger partial charge on any atom is -0.480 e. The lowest BCUT2D eigenvalue weighted by Crippen LogP contribution is -2.47. The van der Waals surface area contributed by atoms with Crippen LogP contribution in [0.25, 0.3) is 0 Å². The van der Waals surface area contributed by atoms with Crippen molar-refractivity contribution < 1.29 is 14.7 Å². The summed E-state index contributed by atoms with van der Waals surface area (Å²) in [5, 5.41) is 11.4. The molecular formula is C12H16N2O3. The molecule has 0 radical (unpaired) electrons. The smallest absolute Gasteiger partial charge is 0.323 e. The second-order valence-electron chi connectivity index (χ2n) is 3.88.